The molecule has 156 valence electrons. The first kappa shape index (κ1) is 17.6. The number of nitrogens with one attached hydrogen (secondary N) is 2. The monoisotopic (exact) mass is 411 g/mol. The van der Waals surface area contributed by atoms with Gasteiger partial charge in [0, 0.05) is 60.6 Å². The van der Waals surface area contributed by atoms with Crippen LogP contribution in [0.3, 0.4) is 0 Å². The highest BCUT2D eigenvalue weighted by molar-refractivity contribution is 5.97. The molecule has 4 aromatic heterocycles. The van der Waals surface area contributed by atoms with Gasteiger partial charge in [0.25, 0.3) is 0 Å². The van der Waals surface area contributed by atoms with Crippen LogP contribution in [0.25, 0.3) is 33.3 Å². The summed E-state index contributed by atoms with van der Waals surface area (Å²) < 4.78 is 0. The van der Waals surface area contributed by atoms with Gasteiger partial charge in [0.1, 0.15) is 11.5 Å². The van der Waals surface area contributed by atoms with Crippen molar-refractivity contribution in [1.82, 2.24) is 30.2 Å². The summed E-state index contributed by atoms with van der Waals surface area (Å²) in [5.41, 5.74) is 4.15. The van der Waals surface area contributed by atoms with Gasteiger partial charge < -0.3 is 15.2 Å². The average molecular weight is 412 g/mol. The summed E-state index contributed by atoms with van der Waals surface area (Å²) in [4.78, 5) is 24.9. The summed E-state index contributed by atoms with van der Waals surface area (Å²) in [5, 5.41) is 5.99. The fourth-order valence-electron chi connectivity index (χ4n) is 5.08. The molecule has 3 fully saturated rings. The van der Waals surface area contributed by atoms with Gasteiger partial charge in [-0.1, -0.05) is 0 Å². The lowest BCUT2D eigenvalue weighted by atomic mass is 10.0. The number of pyridine rings is 2. The molecule has 0 spiro atoms. The van der Waals surface area contributed by atoms with Gasteiger partial charge in [-0.15, -0.1) is 0 Å². The lowest BCUT2D eigenvalue weighted by Crippen LogP contribution is -2.52. The molecule has 7 heteroatoms. The zero-order valence-corrected chi connectivity index (χ0v) is 17.4. The number of aromatic amines is 1. The first-order chi connectivity index (χ1) is 15.3. The first-order valence-corrected chi connectivity index (χ1v) is 11.4. The summed E-state index contributed by atoms with van der Waals surface area (Å²) in [6.07, 6.45) is 12.9. The molecule has 7 nitrogen and oxygen atoms in total. The average Bonchev–Trinajstić information content (AvgIpc) is 3.75. The van der Waals surface area contributed by atoms with E-state index < -0.39 is 0 Å². The zero-order valence-electron chi connectivity index (χ0n) is 17.4. The van der Waals surface area contributed by atoms with Gasteiger partial charge in [-0.2, -0.15) is 0 Å². The van der Waals surface area contributed by atoms with E-state index in [-0.39, 0.29) is 0 Å². The lowest BCUT2D eigenvalue weighted by molar-refractivity contribution is 0.418. The molecule has 2 saturated carbocycles. The third kappa shape index (κ3) is 2.98. The minimum atomic E-state index is 0.561. The topological polar surface area (TPSA) is 82.6 Å². The van der Waals surface area contributed by atoms with E-state index in [9.17, 15) is 0 Å². The molecule has 0 aromatic carbocycles. The van der Waals surface area contributed by atoms with Crippen molar-refractivity contribution in [3.05, 3.63) is 42.5 Å². The maximum absolute atomic E-state index is 5.23. The van der Waals surface area contributed by atoms with Gasteiger partial charge in [0.05, 0.1) is 11.7 Å². The highest BCUT2D eigenvalue weighted by Crippen LogP contribution is 2.45. The summed E-state index contributed by atoms with van der Waals surface area (Å²) in [6.45, 7) is 2.98. The maximum atomic E-state index is 5.23. The number of hydrogen-bond donors (Lipinski definition) is 2. The fourth-order valence-corrected chi connectivity index (χ4v) is 5.08. The molecular weight excluding hydrogens is 386 g/mol. The van der Waals surface area contributed by atoms with Gasteiger partial charge in [-0.25, -0.2) is 15.0 Å². The Balaban J connectivity index is 1.43. The second-order valence-electron chi connectivity index (χ2n) is 9.21. The van der Waals surface area contributed by atoms with Crippen molar-refractivity contribution in [3.8, 4) is 11.4 Å². The molecule has 0 radical (unpaired) electrons. The standard InChI is InChI=1S/C24H25N7/c1-2-14(1)18-11-25-12-19-21(18)24(31-10-9-26-20(13-31)15-3-4-15)30-23(29-19)17-6-8-28-22-16(17)5-7-27-22/h5-8,11-12,14-15,20,26H,1-4,9-10,13H2,(H,27,28)/t20-/m1/s1. The Bertz CT molecular complexity index is 1290. The Kier molecular flexibility index (Phi) is 3.82. The van der Waals surface area contributed by atoms with E-state index in [0.29, 0.717) is 12.0 Å². The SMILES string of the molecule is c1cc(-c2nc(N3CCN[C@@H](C4CC4)C3)c3c(C4CC4)cncc3n2)c2cc[nH]c2n1. The van der Waals surface area contributed by atoms with Gasteiger partial charge in [-0.3, -0.25) is 4.98 Å². The van der Waals surface area contributed by atoms with Gasteiger partial charge in [0.15, 0.2) is 5.82 Å². The molecule has 2 aliphatic carbocycles. The molecule has 1 atom stereocenters. The predicted octanol–water partition coefficient (Wildman–Crippen LogP) is 3.63. The first-order valence-electron chi connectivity index (χ1n) is 11.4. The van der Waals surface area contributed by atoms with Crippen LogP contribution in [0.15, 0.2) is 36.9 Å². The Morgan fingerprint density at radius 3 is 2.84 bits per heavy atom. The van der Waals surface area contributed by atoms with Crippen LogP contribution in [0, 0.1) is 5.92 Å². The van der Waals surface area contributed by atoms with Gasteiger partial charge in [-0.05, 0) is 55.2 Å². The Hall–Kier alpha value is -3.06. The van der Waals surface area contributed by atoms with Gasteiger partial charge >= 0.3 is 0 Å². The largest absolute Gasteiger partial charge is 0.353 e. The molecule has 5 heterocycles. The summed E-state index contributed by atoms with van der Waals surface area (Å²) in [5.74, 6) is 3.26. The van der Waals surface area contributed by atoms with Crippen LogP contribution in [0.4, 0.5) is 5.82 Å². The number of nitrogens with zero attached hydrogens (tertiary/aromatic N) is 5. The normalized spacial score (nSPS) is 21.8. The van der Waals surface area contributed by atoms with Crippen LogP contribution in [-0.4, -0.2) is 50.6 Å². The third-order valence-corrected chi connectivity index (χ3v) is 7.03. The van der Waals surface area contributed by atoms with Gasteiger partial charge in [0.2, 0.25) is 0 Å². The van der Waals surface area contributed by atoms with Crippen LogP contribution in [-0.2, 0) is 0 Å². The van der Waals surface area contributed by atoms with Crippen LogP contribution in [0.1, 0.15) is 37.2 Å². The third-order valence-electron chi connectivity index (χ3n) is 7.03. The Morgan fingerprint density at radius 2 is 1.97 bits per heavy atom. The molecular formula is C24H25N7. The number of hydrogen-bond acceptors (Lipinski definition) is 6. The maximum Gasteiger partial charge on any atom is 0.163 e. The van der Waals surface area contributed by atoms with E-state index >= 15 is 0 Å². The highest BCUT2D eigenvalue weighted by atomic mass is 15.3. The van der Waals surface area contributed by atoms with E-state index in [1.165, 1.54) is 36.6 Å². The van der Waals surface area contributed by atoms with E-state index in [2.05, 4.69) is 31.2 Å². The van der Waals surface area contributed by atoms with Crippen LogP contribution in [0.5, 0.6) is 0 Å². The number of aromatic nitrogens is 5. The van der Waals surface area contributed by atoms with Crippen LogP contribution >= 0.6 is 0 Å². The zero-order chi connectivity index (χ0) is 20.4. The Labute approximate surface area is 180 Å². The van der Waals surface area contributed by atoms with Crippen molar-refractivity contribution in [3.63, 3.8) is 0 Å². The molecule has 4 aromatic rings. The van der Waals surface area contributed by atoms with Crippen LogP contribution in [0.2, 0.25) is 0 Å². The number of piperazine rings is 1. The number of anilines is 1. The Morgan fingerprint density at radius 1 is 1.03 bits per heavy atom. The quantitative estimate of drug-likeness (QED) is 0.534. The highest BCUT2D eigenvalue weighted by Gasteiger charge is 2.36. The number of fused-ring (bicyclic) bond motifs is 2. The molecule has 3 aliphatic rings. The van der Waals surface area contributed by atoms with Crippen LogP contribution < -0.4 is 10.2 Å². The summed E-state index contributed by atoms with van der Waals surface area (Å²) in [6, 6.07) is 4.63. The van der Waals surface area contributed by atoms with E-state index in [1.54, 1.807) is 0 Å². The number of H-pyrrole nitrogens is 1. The number of rotatable bonds is 4. The molecule has 1 saturated heterocycles. The molecule has 0 unspecified atom stereocenters. The van der Waals surface area contributed by atoms with Crippen molar-refractivity contribution in [2.45, 2.75) is 37.6 Å². The molecule has 7 rings (SSSR count). The molecule has 1 aliphatic heterocycles. The van der Waals surface area contributed by atoms with E-state index in [4.69, 9.17) is 9.97 Å². The molecule has 2 N–H and O–H groups in total. The molecule has 31 heavy (non-hydrogen) atoms. The van der Waals surface area contributed by atoms with Crippen molar-refractivity contribution in [2.75, 3.05) is 24.5 Å². The molecule has 0 amide bonds. The summed E-state index contributed by atoms with van der Waals surface area (Å²) >= 11 is 0. The second-order valence-corrected chi connectivity index (χ2v) is 9.21. The fraction of sp³-hybridized carbons (Fsp3) is 0.417. The van der Waals surface area contributed by atoms with E-state index in [1.807, 2.05) is 30.9 Å². The second kappa shape index (κ2) is 6.72. The minimum Gasteiger partial charge on any atom is -0.353 e. The van der Waals surface area contributed by atoms with Crippen molar-refractivity contribution >= 4 is 27.8 Å². The van der Waals surface area contributed by atoms with Crippen molar-refractivity contribution in [1.29, 1.82) is 0 Å². The van der Waals surface area contributed by atoms with Crippen molar-refractivity contribution < 1.29 is 0 Å². The minimum absolute atomic E-state index is 0.561. The predicted molar refractivity (Wildman–Crippen MR) is 121 cm³/mol. The summed E-state index contributed by atoms with van der Waals surface area (Å²) in [7, 11) is 0. The van der Waals surface area contributed by atoms with E-state index in [0.717, 1.165) is 59.3 Å². The molecule has 0 bridgehead atoms. The van der Waals surface area contributed by atoms with Crippen molar-refractivity contribution in [2.24, 2.45) is 5.92 Å². The lowest BCUT2D eigenvalue weighted by Gasteiger charge is -2.35. The smallest absolute Gasteiger partial charge is 0.163 e.